The first-order valence-corrected chi connectivity index (χ1v) is 6.54. The Balaban J connectivity index is 2.29. The molecule has 1 rings (SSSR count). The van der Waals surface area contributed by atoms with Gasteiger partial charge in [0, 0.05) is 12.6 Å². The van der Waals surface area contributed by atoms with Crippen LogP contribution in [-0.2, 0) is 10.0 Å². The highest BCUT2D eigenvalue weighted by Crippen LogP contribution is 2.14. The monoisotopic (exact) mass is 206 g/mol. The standard InChI is InChI=1S/C8H18N2O2S/c1-7-3-4-9-8(5-7)6-10-13(2,11)12/h7-10H,3-6H2,1-2H3. The molecule has 2 unspecified atom stereocenters. The molecule has 1 saturated heterocycles. The summed E-state index contributed by atoms with van der Waals surface area (Å²) in [5.74, 6) is 0.701. The van der Waals surface area contributed by atoms with Crippen molar-refractivity contribution in [3.63, 3.8) is 0 Å². The third kappa shape index (κ3) is 4.59. The van der Waals surface area contributed by atoms with Crippen molar-refractivity contribution in [3.8, 4) is 0 Å². The lowest BCUT2D eigenvalue weighted by Gasteiger charge is -2.27. The van der Waals surface area contributed by atoms with E-state index >= 15 is 0 Å². The molecule has 1 fully saturated rings. The summed E-state index contributed by atoms with van der Waals surface area (Å²) >= 11 is 0. The molecule has 1 aliphatic rings. The predicted octanol–water partition coefficient (Wildman–Crippen LogP) is -0.0763. The fourth-order valence-electron chi connectivity index (χ4n) is 1.63. The van der Waals surface area contributed by atoms with Gasteiger partial charge in [-0.05, 0) is 25.3 Å². The molecule has 4 nitrogen and oxygen atoms in total. The van der Waals surface area contributed by atoms with Gasteiger partial charge >= 0.3 is 0 Å². The molecule has 0 saturated carbocycles. The van der Waals surface area contributed by atoms with Crippen molar-refractivity contribution < 1.29 is 8.42 Å². The average Bonchev–Trinajstić information content (AvgIpc) is 2.00. The third-order valence-corrected chi connectivity index (χ3v) is 3.04. The van der Waals surface area contributed by atoms with Crippen LogP contribution in [0.5, 0.6) is 0 Å². The minimum atomic E-state index is -3.03. The Kier molecular flexibility index (Phi) is 3.70. The van der Waals surface area contributed by atoms with Crippen LogP contribution in [0.2, 0.25) is 0 Å². The van der Waals surface area contributed by atoms with E-state index in [1.807, 2.05) is 0 Å². The van der Waals surface area contributed by atoms with Gasteiger partial charge in [-0.2, -0.15) is 0 Å². The number of piperidine rings is 1. The van der Waals surface area contributed by atoms with Gasteiger partial charge in [-0.25, -0.2) is 13.1 Å². The Morgan fingerprint density at radius 2 is 2.23 bits per heavy atom. The van der Waals surface area contributed by atoms with Crippen LogP contribution < -0.4 is 10.0 Å². The maximum absolute atomic E-state index is 10.8. The van der Waals surface area contributed by atoms with Crippen LogP contribution in [0.15, 0.2) is 0 Å². The molecule has 0 aromatic rings. The van der Waals surface area contributed by atoms with E-state index in [9.17, 15) is 8.42 Å². The molecule has 78 valence electrons. The van der Waals surface area contributed by atoms with Crippen LogP contribution >= 0.6 is 0 Å². The zero-order valence-corrected chi connectivity index (χ0v) is 9.02. The Hall–Kier alpha value is -0.130. The predicted molar refractivity (Wildman–Crippen MR) is 53.0 cm³/mol. The molecule has 0 aromatic carbocycles. The molecular formula is C8H18N2O2S. The minimum Gasteiger partial charge on any atom is -0.313 e. The van der Waals surface area contributed by atoms with Crippen molar-refractivity contribution in [2.75, 3.05) is 19.3 Å². The van der Waals surface area contributed by atoms with Gasteiger partial charge in [-0.1, -0.05) is 6.92 Å². The number of nitrogens with one attached hydrogen (secondary N) is 2. The third-order valence-electron chi connectivity index (χ3n) is 2.35. The van der Waals surface area contributed by atoms with Gasteiger partial charge < -0.3 is 5.32 Å². The van der Waals surface area contributed by atoms with Crippen molar-refractivity contribution in [2.45, 2.75) is 25.8 Å². The van der Waals surface area contributed by atoms with Gasteiger partial charge in [-0.15, -0.1) is 0 Å². The maximum atomic E-state index is 10.8. The van der Waals surface area contributed by atoms with Gasteiger partial charge in [0.2, 0.25) is 10.0 Å². The molecule has 2 atom stereocenters. The fraction of sp³-hybridized carbons (Fsp3) is 1.00. The average molecular weight is 206 g/mol. The first kappa shape index (κ1) is 10.9. The van der Waals surface area contributed by atoms with E-state index in [4.69, 9.17) is 0 Å². The van der Waals surface area contributed by atoms with E-state index in [2.05, 4.69) is 17.0 Å². The molecule has 2 N–H and O–H groups in total. The van der Waals surface area contributed by atoms with E-state index in [1.54, 1.807) is 0 Å². The molecule has 1 aliphatic heterocycles. The second-order valence-electron chi connectivity index (χ2n) is 3.90. The topological polar surface area (TPSA) is 58.2 Å². The van der Waals surface area contributed by atoms with E-state index in [0.717, 1.165) is 13.0 Å². The Labute approximate surface area is 80.1 Å². The highest BCUT2D eigenvalue weighted by molar-refractivity contribution is 7.88. The van der Waals surface area contributed by atoms with Crippen molar-refractivity contribution in [2.24, 2.45) is 5.92 Å². The number of hydrogen-bond acceptors (Lipinski definition) is 3. The van der Waals surface area contributed by atoms with Gasteiger partial charge in [0.15, 0.2) is 0 Å². The van der Waals surface area contributed by atoms with Gasteiger partial charge in [0.1, 0.15) is 0 Å². The maximum Gasteiger partial charge on any atom is 0.208 e. The summed E-state index contributed by atoms with van der Waals surface area (Å²) in [4.78, 5) is 0. The molecule has 13 heavy (non-hydrogen) atoms. The van der Waals surface area contributed by atoms with Crippen molar-refractivity contribution >= 4 is 10.0 Å². The number of hydrogen-bond donors (Lipinski definition) is 2. The second kappa shape index (κ2) is 4.39. The van der Waals surface area contributed by atoms with E-state index in [0.29, 0.717) is 18.5 Å². The van der Waals surface area contributed by atoms with Gasteiger partial charge in [0.05, 0.1) is 6.26 Å². The highest BCUT2D eigenvalue weighted by atomic mass is 32.2. The molecular weight excluding hydrogens is 188 g/mol. The van der Waals surface area contributed by atoms with E-state index in [1.165, 1.54) is 12.7 Å². The summed E-state index contributed by atoms with van der Waals surface area (Å²) in [6, 6.07) is 0.304. The van der Waals surface area contributed by atoms with Crippen molar-refractivity contribution in [1.29, 1.82) is 0 Å². The Morgan fingerprint density at radius 1 is 1.54 bits per heavy atom. The molecule has 0 radical (unpaired) electrons. The molecule has 5 heteroatoms. The molecule has 0 aliphatic carbocycles. The zero-order valence-electron chi connectivity index (χ0n) is 8.21. The fourth-order valence-corrected chi connectivity index (χ4v) is 2.13. The molecule has 0 spiro atoms. The summed E-state index contributed by atoms with van der Waals surface area (Å²) in [7, 11) is -3.03. The zero-order chi connectivity index (χ0) is 9.90. The van der Waals surface area contributed by atoms with E-state index in [-0.39, 0.29) is 0 Å². The number of rotatable bonds is 3. The lowest BCUT2D eigenvalue weighted by Crippen LogP contribution is -2.45. The minimum absolute atomic E-state index is 0.304. The van der Waals surface area contributed by atoms with Crippen molar-refractivity contribution in [3.05, 3.63) is 0 Å². The molecule has 0 aromatic heterocycles. The summed E-state index contributed by atoms with van der Waals surface area (Å²) in [5, 5.41) is 3.30. The number of sulfonamides is 1. The largest absolute Gasteiger partial charge is 0.313 e. The molecule has 0 bridgehead atoms. The SMILES string of the molecule is CC1CCNC(CNS(C)(=O)=O)C1. The lowest BCUT2D eigenvalue weighted by atomic mass is 9.94. The lowest BCUT2D eigenvalue weighted by molar-refractivity contribution is 0.319. The summed E-state index contributed by atoms with van der Waals surface area (Å²) in [6.45, 7) is 3.72. The molecule has 1 heterocycles. The Morgan fingerprint density at radius 3 is 2.77 bits per heavy atom. The smallest absolute Gasteiger partial charge is 0.208 e. The van der Waals surface area contributed by atoms with Crippen LogP contribution in [0.3, 0.4) is 0 Å². The quantitative estimate of drug-likeness (QED) is 0.679. The molecule has 0 amide bonds. The highest BCUT2D eigenvalue weighted by Gasteiger charge is 2.18. The van der Waals surface area contributed by atoms with Crippen LogP contribution in [-0.4, -0.2) is 33.8 Å². The summed E-state index contributed by atoms with van der Waals surface area (Å²) in [5.41, 5.74) is 0. The first-order chi connectivity index (χ1) is 5.97. The van der Waals surface area contributed by atoms with Crippen LogP contribution in [0.25, 0.3) is 0 Å². The first-order valence-electron chi connectivity index (χ1n) is 4.65. The normalized spacial score (nSPS) is 30.3. The second-order valence-corrected chi connectivity index (χ2v) is 5.73. The van der Waals surface area contributed by atoms with Crippen LogP contribution in [0, 0.1) is 5.92 Å². The van der Waals surface area contributed by atoms with Crippen molar-refractivity contribution in [1.82, 2.24) is 10.0 Å². The summed E-state index contributed by atoms with van der Waals surface area (Å²) in [6.07, 6.45) is 3.44. The van der Waals surface area contributed by atoms with Crippen LogP contribution in [0.4, 0.5) is 0 Å². The summed E-state index contributed by atoms with van der Waals surface area (Å²) < 4.78 is 24.2. The van der Waals surface area contributed by atoms with Gasteiger partial charge in [0.25, 0.3) is 0 Å². The van der Waals surface area contributed by atoms with Gasteiger partial charge in [-0.3, -0.25) is 0 Å². The van der Waals surface area contributed by atoms with Crippen LogP contribution in [0.1, 0.15) is 19.8 Å². The van der Waals surface area contributed by atoms with E-state index < -0.39 is 10.0 Å². The Bertz CT molecular complexity index is 251.